The molecule has 1 heterocycles. The van der Waals surface area contributed by atoms with Crippen LogP contribution in [-0.4, -0.2) is 37.0 Å². The Labute approximate surface area is 94.5 Å². The number of β-amino-alcohol motifs (C(OH)–C–C–N with tert-alkyl or cyclic N) is 1. The van der Waals surface area contributed by atoms with Crippen LogP contribution in [0.25, 0.3) is 0 Å². The van der Waals surface area contributed by atoms with E-state index in [0.717, 1.165) is 0 Å². The number of hydrogen-bond acceptors (Lipinski definition) is 4. The van der Waals surface area contributed by atoms with Crippen molar-refractivity contribution >= 4 is 15.7 Å². The van der Waals surface area contributed by atoms with Crippen molar-refractivity contribution in [1.29, 1.82) is 0 Å². The third kappa shape index (κ3) is 1.68. The van der Waals surface area contributed by atoms with E-state index >= 15 is 0 Å². The lowest BCUT2D eigenvalue weighted by atomic mass is 10.2. The SMILES string of the molecule is Cc1c(N)cccc1S(=O)(=O)N1CC(O)C1. The molecule has 5 nitrogen and oxygen atoms in total. The lowest BCUT2D eigenvalue weighted by molar-refractivity contribution is 0.0547. The molecule has 0 spiro atoms. The summed E-state index contributed by atoms with van der Waals surface area (Å²) >= 11 is 0. The van der Waals surface area contributed by atoms with Crippen molar-refractivity contribution in [1.82, 2.24) is 4.31 Å². The van der Waals surface area contributed by atoms with Gasteiger partial charge in [-0.2, -0.15) is 4.31 Å². The van der Waals surface area contributed by atoms with E-state index in [1.165, 1.54) is 10.4 Å². The maximum Gasteiger partial charge on any atom is 0.243 e. The summed E-state index contributed by atoms with van der Waals surface area (Å²) in [6, 6.07) is 4.82. The van der Waals surface area contributed by atoms with E-state index in [1.54, 1.807) is 19.1 Å². The molecule has 0 amide bonds. The van der Waals surface area contributed by atoms with Gasteiger partial charge in [-0.3, -0.25) is 0 Å². The number of nitrogens with two attached hydrogens (primary N) is 1. The van der Waals surface area contributed by atoms with E-state index in [1.807, 2.05) is 0 Å². The third-order valence-corrected chi connectivity index (χ3v) is 4.75. The molecule has 1 aliphatic rings. The van der Waals surface area contributed by atoms with Crippen LogP contribution < -0.4 is 5.73 Å². The Hall–Kier alpha value is -1.11. The molecule has 0 radical (unpaired) electrons. The van der Waals surface area contributed by atoms with Crippen molar-refractivity contribution in [2.24, 2.45) is 0 Å². The summed E-state index contributed by atoms with van der Waals surface area (Å²) in [6.07, 6.45) is -0.545. The number of sulfonamides is 1. The molecule has 1 fully saturated rings. The molecule has 0 unspecified atom stereocenters. The maximum absolute atomic E-state index is 12.1. The minimum absolute atomic E-state index is 0.163. The molecule has 2 rings (SSSR count). The smallest absolute Gasteiger partial charge is 0.243 e. The van der Waals surface area contributed by atoms with Gasteiger partial charge >= 0.3 is 0 Å². The van der Waals surface area contributed by atoms with Crippen molar-refractivity contribution < 1.29 is 13.5 Å². The second-order valence-electron chi connectivity index (χ2n) is 3.95. The molecule has 0 bridgehead atoms. The van der Waals surface area contributed by atoms with Crippen LogP contribution in [0.2, 0.25) is 0 Å². The number of benzene rings is 1. The van der Waals surface area contributed by atoms with Crippen LogP contribution >= 0.6 is 0 Å². The van der Waals surface area contributed by atoms with Gasteiger partial charge in [0.1, 0.15) is 0 Å². The Morgan fingerprint density at radius 2 is 2.06 bits per heavy atom. The highest BCUT2D eigenvalue weighted by atomic mass is 32.2. The van der Waals surface area contributed by atoms with Crippen LogP contribution in [0.3, 0.4) is 0 Å². The normalized spacial score (nSPS) is 18.4. The van der Waals surface area contributed by atoms with Gasteiger partial charge in [0, 0.05) is 18.8 Å². The Morgan fingerprint density at radius 3 is 2.62 bits per heavy atom. The Bertz CT molecular complexity index is 507. The summed E-state index contributed by atoms with van der Waals surface area (Å²) in [7, 11) is -3.49. The van der Waals surface area contributed by atoms with Crippen molar-refractivity contribution in [3.63, 3.8) is 0 Å². The molecule has 1 aromatic carbocycles. The first-order valence-electron chi connectivity index (χ1n) is 4.96. The van der Waals surface area contributed by atoms with E-state index in [2.05, 4.69) is 0 Å². The molecule has 0 saturated carbocycles. The zero-order valence-electron chi connectivity index (χ0n) is 8.92. The van der Waals surface area contributed by atoms with Crippen molar-refractivity contribution in [2.45, 2.75) is 17.9 Å². The fourth-order valence-electron chi connectivity index (χ4n) is 1.66. The third-order valence-electron chi connectivity index (χ3n) is 2.77. The summed E-state index contributed by atoms with van der Waals surface area (Å²) in [5.41, 5.74) is 6.69. The summed E-state index contributed by atoms with van der Waals surface area (Å²) in [6.45, 7) is 2.01. The van der Waals surface area contributed by atoms with E-state index in [4.69, 9.17) is 10.8 Å². The van der Waals surface area contributed by atoms with Gasteiger partial charge in [0.25, 0.3) is 0 Å². The minimum Gasteiger partial charge on any atom is -0.398 e. The quantitative estimate of drug-likeness (QED) is 0.712. The first-order chi connectivity index (χ1) is 7.43. The number of aliphatic hydroxyl groups excluding tert-OH is 1. The molecule has 1 aliphatic heterocycles. The van der Waals surface area contributed by atoms with Crippen LogP contribution in [0, 0.1) is 6.92 Å². The Balaban J connectivity index is 2.40. The first kappa shape index (κ1) is 11.4. The van der Waals surface area contributed by atoms with Gasteiger partial charge in [0.2, 0.25) is 10.0 Å². The van der Waals surface area contributed by atoms with Crippen LogP contribution in [0.4, 0.5) is 5.69 Å². The molecule has 88 valence electrons. The number of nitrogen functional groups attached to an aromatic ring is 1. The Morgan fingerprint density at radius 1 is 1.44 bits per heavy atom. The van der Waals surface area contributed by atoms with Gasteiger partial charge in [-0.05, 0) is 24.6 Å². The number of hydrogen-bond donors (Lipinski definition) is 2. The summed E-state index contributed by atoms with van der Waals surface area (Å²) in [5, 5.41) is 9.12. The topological polar surface area (TPSA) is 83.6 Å². The van der Waals surface area contributed by atoms with Crippen LogP contribution in [-0.2, 0) is 10.0 Å². The molecule has 3 N–H and O–H groups in total. The van der Waals surface area contributed by atoms with Crippen LogP contribution in [0.15, 0.2) is 23.1 Å². The van der Waals surface area contributed by atoms with Gasteiger partial charge in [-0.25, -0.2) is 8.42 Å². The lowest BCUT2D eigenvalue weighted by Crippen LogP contribution is -2.53. The fraction of sp³-hybridized carbons (Fsp3) is 0.400. The van der Waals surface area contributed by atoms with Crippen LogP contribution in [0.5, 0.6) is 0 Å². The maximum atomic E-state index is 12.1. The lowest BCUT2D eigenvalue weighted by Gasteiger charge is -2.35. The van der Waals surface area contributed by atoms with Gasteiger partial charge in [0.05, 0.1) is 11.0 Å². The van der Waals surface area contributed by atoms with E-state index in [9.17, 15) is 8.42 Å². The predicted molar refractivity (Wildman–Crippen MR) is 60.4 cm³/mol. The van der Waals surface area contributed by atoms with Crippen molar-refractivity contribution in [3.05, 3.63) is 23.8 Å². The number of anilines is 1. The molecule has 1 aromatic rings. The van der Waals surface area contributed by atoms with Crippen molar-refractivity contribution in [3.8, 4) is 0 Å². The average Bonchev–Trinajstić information content (AvgIpc) is 2.17. The number of aliphatic hydroxyl groups is 1. The minimum atomic E-state index is -3.49. The molecular weight excluding hydrogens is 228 g/mol. The van der Waals surface area contributed by atoms with Gasteiger partial charge in [-0.15, -0.1) is 0 Å². The standard InChI is InChI=1S/C10H14N2O3S/c1-7-9(11)3-2-4-10(7)16(14,15)12-5-8(13)6-12/h2-4,8,13H,5-6,11H2,1H3. The van der Waals surface area contributed by atoms with E-state index in [-0.39, 0.29) is 18.0 Å². The summed E-state index contributed by atoms with van der Waals surface area (Å²) in [5.74, 6) is 0. The molecule has 0 atom stereocenters. The van der Waals surface area contributed by atoms with E-state index < -0.39 is 16.1 Å². The second-order valence-corrected chi connectivity index (χ2v) is 5.85. The summed E-state index contributed by atoms with van der Waals surface area (Å²) in [4.78, 5) is 0.222. The van der Waals surface area contributed by atoms with Gasteiger partial charge < -0.3 is 10.8 Å². The zero-order valence-corrected chi connectivity index (χ0v) is 9.74. The fourth-order valence-corrected chi connectivity index (χ4v) is 3.43. The van der Waals surface area contributed by atoms with Gasteiger partial charge in [0.15, 0.2) is 0 Å². The summed E-state index contributed by atoms with van der Waals surface area (Å²) < 4.78 is 25.4. The highest BCUT2D eigenvalue weighted by Gasteiger charge is 2.36. The second kappa shape index (κ2) is 3.73. The van der Waals surface area contributed by atoms with Crippen molar-refractivity contribution in [2.75, 3.05) is 18.8 Å². The van der Waals surface area contributed by atoms with Crippen LogP contribution in [0.1, 0.15) is 5.56 Å². The highest BCUT2D eigenvalue weighted by Crippen LogP contribution is 2.26. The van der Waals surface area contributed by atoms with Gasteiger partial charge in [-0.1, -0.05) is 6.07 Å². The molecular formula is C10H14N2O3S. The molecule has 16 heavy (non-hydrogen) atoms. The van der Waals surface area contributed by atoms with E-state index in [0.29, 0.717) is 11.3 Å². The number of rotatable bonds is 2. The molecule has 6 heteroatoms. The molecule has 1 saturated heterocycles. The first-order valence-corrected chi connectivity index (χ1v) is 6.40. The molecule has 0 aliphatic carbocycles. The molecule has 0 aromatic heterocycles. The Kier molecular flexibility index (Phi) is 2.65. The number of nitrogens with zero attached hydrogens (tertiary/aromatic N) is 1. The predicted octanol–water partition coefficient (Wildman–Crippen LogP) is -0.0576. The largest absolute Gasteiger partial charge is 0.398 e. The highest BCUT2D eigenvalue weighted by molar-refractivity contribution is 7.89. The monoisotopic (exact) mass is 242 g/mol. The average molecular weight is 242 g/mol. The zero-order chi connectivity index (χ0) is 11.9.